The molecule has 0 saturated heterocycles. The van der Waals surface area contributed by atoms with Crippen LogP contribution < -0.4 is 11.1 Å². The summed E-state index contributed by atoms with van der Waals surface area (Å²) < 4.78 is 0.966. The van der Waals surface area contributed by atoms with Crippen LogP contribution in [0.3, 0.4) is 0 Å². The van der Waals surface area contributed by atoms with Crippen LogP contribution in [0, 0.1) is 11.3 Å². The monoisotopic (exact) mass is 415 g/mol. The highest BCUT2D eigenvalue weighted by molar-refractivity contribution is 9.10. The second-order valence-electron chi connectivity index (χ2n) is 5.99. The maximum atomic E-state index is 9.14. The lowest BCUT2D eigenvalue weighted by Crippen LogP contribution is -2.01. The molecule has 6 heteroatoms. The van der Waals surface area contributed by atoms with Crippen molar-refractivity contribution in [2.24, 2.45) is 0 Å². The molecule has 0 amide bonds. The molecular weight excluding hydrogens is 402 g/mol. The van der Waals surface area contributed by atoms with Gasteiger partial charge in [0.25, 0.3) is 0 Å². The number of hydrogen-bond acceptors (Lipinski definition) is 5. The van der Waals surface area contributed by atoms with Crippen LogP contribution in [-0.2, 0) is 0 Å². The van der Waals surface area contributed by atoms with Crippen LogP contribution in [0.4, 0.5) is 17.5 Å². The number of nitrogens with one attached hydrogen (secondary N) is 1. The molecule has 0 aliphatic carbocycles. The molecule has 4 aromatic rings. The molecule has 0 unspecified atom stereocenters. The molecule has 27 heavy (non-hydrogen) atoms. The summed E-state index contributed by atoms with van der Waals surface area (Å²) in [6.07, 6.45) is 0. The molecule has 130 valence electrons. The highest BCUT2D eigenvalue weighted by atomic mass is 79.9. The Morgan fingerprint density at radius 1 is 0.926 bits per heavy atom. The highest BCUT2D eigenvalue weighted by Crippen LogP contribution is 2.30. The van der Waals surface area contributed by atoms with Crippen molar-refractivity contribution < 1.29 is 0 Å². The highest BCUT2D eigenvalue weighted by Gasteiger charge is 2.09. The first-order chi connectivity index (χ1) is 13.1. The Balaban J connectivity index is 1.84. The molecule has 4 rings (SSSR count). The van der Waals surface area contributed by atoms with Crippen molar-refractivity contribution in [1.29, 1.82) is 5.26 Å². The number of nitriles is 1. The number of nitrogen functional groups attached to an aromatic ring is 1. The number of hydrogen-bond donors (Lipinski definition) is 2. The first-order valence-electron chi connectivity index (χ1n) is 8.23. The van der Waals surface area contributed by atoms with Crippen molar-refractivity contribution in [1.82, 2.24) is 9.97 Å². The minimum absolute atomic E-state index is 0.208. The fourth-order valence-electron chi connectivity index (χ4n) is 2.89. The lowest BCUT2D eigenvalue weighted by Gasteiger charge is -2.11. The molecule has 5 nitrogen and oxygen atoms in total. The second-order valence-corrected chi connectivity index (χ2v) is 6.91. The van der Waals surface area contributed by atoms with E-state index in [0.29, 0.717) is 11.4 Å². The van der Waals surface area contributed by atoms with Gasteiger partial charge in [-0.1, -0.05) is 40.2 Å². The number of anilines is 3. The van der Waals surface area contributed by atoms with E-state index in [4.69, 9.17) is 11.0 Å². The van der Waals surface area contributed by atoms with Gasteiger partial charge >= 0.3 is 0 Å². The van der Waals surface area contributed by atoms with Gasteiger partial charge in [-0.2, -0.15) is 10.2 Å². The summed E-state index contributed by atoms with van der Waals surface area (Å²) in [5.74, 6) is 0.841. The van der Waals surface area contributed by atoms with E-state index < -0.39 is 0 Å². The SMILES string of the molecule is N#Cc1cccc(-c2ccc3nc(N)nc(Nc4cccc(Br)c4)c3c2)c1. The standard InChI is InChI=1S/C21H14BrN5/c22-16-5-2-6-17(11-16)25-20-18-10-15(7-8-19(18)26-21(24)27-20)14-4-1-3-13(9-14)12-23/h1-11H,(H3,24,25,26,27). The number of nitrogens with zero attached hydrogens (tertiary/aromatic N) is 3. The van der Waals surface area contributed by atoms with Gasteiger partial charge < -0.3 is 11.1 Å². The molecule has 0 spiro atoms. The number of rotatable bonds is 3. The van der Waals surface area contributed by atoms with Crippen LogP contribution in [0.2, 0.25) is 0 Å². The number of aromatic nitrogens is 2. The quantitative estimate of drug-likeness (QED) is 0.476. The third-order valence-electron chi connectivity index (χ3n) is 4.13. The van der Waals surface area contributed by atoms with Crippen LogP contribution in [0.1, 0.15) is 5.56 Å². The summed E-state index contributed by atoms with van der Waals surface area (Å²) >= 11 is 3.47. The number of nitrogens with two attached hydrogens (primary N) is 1. The Labute approximate surface area is 164 Å². The van der Waals surface area contributed by atoms with E-state index >= 15 is 0 Å². The minimum Gasteiger partial charge on any atom is -0.368 e. The van der Waals surface area contributed by atoms with Crippen LogP contribution in [0.5, 0.6) is 0 Å². The van der Waals surface area contributed by atoms with Crippen LogP contribution in [-0.4, -0.2) is 9.97 Å². The molecule has 3 aromatic carbocycles. The van der Waals surface area contributed by atoms with Crippen molar-refractivity contribution in [3.05, 3.63) is 76.8 Å². The molecular formula is C21H14BrN5. The Morgan fingerprint density at radius 2 is 1.74 bits per heavy atom. The minimum atomic E-state index is 0.208. The van der Waals surface area contributed by atoms with Gasteiger partial charge in [-0.05, 0) is 53.6 Å². The maximum Gasteiger partial charge on any atom is 0.222 e. The zero-order valence-electron chi connectivity index (χ0n) is 14.1. The third-order valence-corrected chi connectivity index (χ3v) is 4.62. The first kappa shape index (κ1) is 17.0. The average molecular weight is 416 g/mol. The summed E-state index contributed by atoms with van der Waals surface area (Å²) in [6, 6.07) is 23.4. The van der Waals surface area contributed by atoms with Crippen molar-refractivity contribution in [3.8, 4) is 17.2 Å². The second kappa shape index (κ2) is 7.06. The number of fused-ring (bicyclic) bond motifs is 1. The van der Waals surface area contributed by atoms with Crippen molar-refractivity contribution in [2.75, 3.05) is 11.1 Å². The molecule has 0 bridgehead atoms. The summed E-state index contributed by atoms with van der Waals surface area (Å²) in [6.45, 7) is 0. The van der Waals surface area contributed by atoms with Gasteiger partial charge in [0, 0.05) is 15.5 Å². The molecule has 1 aromatic heterocycles. The van der Waals surface area contributed by atoms with Gasteiger partial charge in [0.2, 0.25) is 5.95 Å². The molecule has 0 saturated carbocycles. The van der Waals surface area contributed by atoms with Crippen molar-refractivity contribution in [3.63, 3.8) is 0 Å². The predicted molar refractivity (Wildman–Crippen MR) is 112 cm³/mol. The maximum absolute atomic E-state index is 9.14. The van der Waals surface area contributed by atoms with Gasteiger partial charge in [-0.3, -0.25) is 0 Å². The van der Waals surface area contributed by atoms with Crippen molar-refractivity contribution in [2.45, 2.75) is 0 Å². The van der Waals surface area contributed by atoms with Gasteiger partial charge in [0.1, 0.15) is 5.82 Å². The van der Waals surface area contributed by atoms with E-state index in [0.717, 1.165) is 32.2 Å². The van der Waals surface area contributed by atoms with Gasteiger partial charge in [-0.15, -0.1) is 0 Å². The Bertz CT molecular complexity index is 1200. The topological polar surface area (TPSA) is 87.6 Å². The molecule has 0 aliphatic heterocycles. The number of halogens is 1. The van der Waals surface area contributed by atoms with E-state index in [1.807, 2.05) is 60.7 Å². The van der Waals surface area contributed by atoms with Crippen molar-refractivity contribution >= 4 is 44.3 Å². The Morgan fingerprint density at radius 3 is 2.56 bits per heavy atom. The van der Waals surface area contributed by atoms with Crippen LogP contribution in [0.15, 0.2) is 71.2 Å². The summed E-state index contributed by atoms with van der Waals surface area (Å²) in [7, 11) is 0. The third kappa shape index (κ3) is 3.59. The number of benzene rings is 3. The lowest BCUT2D eigenvalue weighted by atomic mass is 10.0. The van der Waals surface area contributed by atoms with E-state index in [2.05, 4.69) is 37.3 Å². The molecule has 0 radical (unpaired) electrons. The Kier molecular flexibility index (Phi) is 4.45. The smallest absolute Gasteiger partial charge is 0.222 e. The normalized spacial score (nSPS) is 10.5. The molecule has 0 atom stereocenters. The van der Waals surface area contributed by atoms with Gasteiger partial charge in [0.05, 0.1) is 17.1 Å². The van der Waals surface area contributed by atoms with Gasteiger partial charge in [0.15, 0.2) is 0 Å². The molecule has 0 fully saturated rings. The zero-order chi connectivity index (χ0) is 18.8. The van der Waals surface area contributed by atoms with E-state index in [9.17, 15) is 0 Å². The molecule has 1 heterocycles. The fourth-order valence-corrected chi connectivity index (χ4v) is 3.29. The van der Waals surface area contributed by atoms with Gasteiger partial charge in [-0.25, -0.2) is 4.98 Å². The summed E-state index contributed by atoms with van der Waals surface area (Å²) in [4.78, 5) is 8.71. The van der Waals surface area contributed by atoms with Crippen LogP contribution in [0.25, 0.3) is 22.0 Å². The zero-order valence-corrected chi connectivity index (χ0v) is 15.7. The molecule has 3 N–H and O–H groups in total. The van der Waals surface area contributed by atoms with Crippen LogP contribution >= 0.6 is 15.9 Å². The first-order valence-corrected chi connectivity index (χ1v) is 9.02. The van der Waals surface area contributed by atoms with E-state index in [1.54, 1.807) is 6.07 Å². The lowest BCUT2D eigenvalue weighted by molar-refractivity contribution is 1.23. The largest absolute Gasteiger partial charge is 0.368 e. The average Bonchev–Trinajstić information content (AvgIpc) is 2.68. The van der Waals surface area contributed by atoms with E-state index in [-0.39, 0.29) is 5.95 Å². The summed E-state index contributed by atoms with van der Waals surface area (Å²) in [5, 5.41) is 13.3. The predicted octanol–water partition coefficient (Wildman–Crippen LogP) is 5.26. The fraction of sp³-hybridized carbons (Fsp3) is 0. The Hall–Kier alpha value is -3.43. The molecule has 0 aliphatic rings. The summed E-state index contributed by atoms with van der Waals surface area (Å²) in [5.41, 5.74) is 10.1. The van der Waals surface area contributed by atoms with E-state index in [1.165, 1.54) is 0 Å².